The Balaban J connectivity index is 3.44. The molecule has 0 radical (unpaired) electrons. The average molecular weight is 995 g/mol. The number of rotatable bonds is 60. The highest BCUT2D eigenvalue weighted by atomic mass is 16.3. The summed E-state index contributed by atoms with van der Waals surface area (Å²) >= 11 is 0. The predicted molar refractivity (Wildman–Crippen MR) is 318 cm³/mol. The zero-order valence-corrected chi connectivity index (χ0v) is 48.3. The Hall–Kier alpha value is -1.65. The van der Waals surface area contributed by atoms with Crippen molar-refractivity contribution >= 4 is 5.91 Å². The van der Waals surface area contributed by atoms with Gasteiger partial charge in [-0.25, -0.2) is 0 Å². The minimum atomic E-state index is -0.871. The molecule has 0 aromatic rings. The first kappa shape index (κ1) is 69.3. The molecule has 4 nitrogen and oxygen atoms in total. The molecule has 418 valence electrons. The molecule has 0 bridgehead atoms. The second kappa shape index (κ2) is 62.6. The molecule has 0 saturated carbocycles. The van der Waals surface area contributed by atoms with Crippen molar-refractivity contribution in [3.8, 4) is 0 Å². The van der Waals surface area contributed by atoms with E-state index in [1.54, 1.807) is 6.08 Å². The number of carbonyl (C=O) groups excluding carboxylic acids is 1. The summed E-state index contributed by atoms with van der Waals surface area (Å²) in [6.45, 7) is 4.33. The Morgan fingerprint density at radius 2 is 0.549 bits per heavy atom. The zero-order chi connectivity index (χ0) is 51.3. The van der Waals surface area contributed by atoms with E-state index in [1.807, 2.05) is 6.08 Å². The largest absolute Gasteiger partial charge is 0.394 e. The first-order valence-corrected chi connectivity index (χ1v) is 32.4. The molecule has 2 unspecified atom stereocenters. The smallest absolute Gasteiger partial charge is 0.220 e. The van der Waals surface area contributed by atoms with E-state index >= 15 is 0 Å². The summed E-state index contributed by atoms with van der Waals surface area (Å²) in [4.78, 5) is 12.5. The maximum absolute atomic E-state index is 12.5. The van der Waals surface area contributed by atoms with E-state index in [9.17, 15) is 15.0 Å². The molecule has 4 heteroatoms. The van der Waals surface area contributed by atoms with Crippen molar-refractivity contribution in [1.82, 2.24) is 5.32 Å². The van der Waals surface area contributed by atoms with Gasteiger partial charge < -0.3 is 15.5 Å². The molecule has 0 aromatic heterocycles. The lowest BCUT2D eigenvalue weighted by atomic mass is 10.0. The Kier molecular flexibility index (Phi) is 61.2. The molecule has 0 aliphatic rings. The summed E-state index contributed by atoms with van der Waals surface area (Å²) in [5.74, 6) is -0.0730. The van der Waals surface area contributed by atoms with Crippen LogP contribution in [0.15, 0.2) is 48.6 Å². The molecule has 0 spiro atoms. The monoisotopic (exact) mass is 994 g/mol. The first-order chi connectivity index (χ1) is 35.2. The van der Waals surface area contributed by atoms with Crippen LogP contribution in [0, 0.1) is 0 Å². The third-order valence-corrected chi connectivity index (χ3v) is 15.0. The van der Waals surface area contributed by atoms with Crippen LogP contribution in [0.1, 0.15) is 354 Å². The van der Waals surface area contributed by atoms with Crippen LogP contribution in [-0.4, -0.2) is 34.9 Å². The number of amides is 1. The van der Waals surface area contributed by atoms with E-state index in [0.717, 1.165) is 38.5 Å². The zero-order valence-electron chi connectivity index (χ0n) is 48.3. The molecule has 0 aliphatic carbocycles. The van der Waals surface area contributed by atoms with Crippen molar-refractivity contribution in [1.29, 1.82) is 0 Å². The van der Waals surface area contributed by atoms with E-state index < -0.39 is 12.1 Å². The number of nitrogens with one attached hydrogen (secondary N) is 1. The molecule has 0 aromatic carbocycles. The van der Waals surface area contributed by atoms with Crippen molar-refractivity contribution in [2.75, 3.05) is 6.61 Å². The third-order valence-electron chi connectivity index (χ3n) is 15.0. The second-order valence-corrected chi connectivity index (χ2v) is 22.2. The molecule has 71 heavy (non-hydrogen) atoms. The van der Waals surface area contributed by atoms with Crippen molar-refractivity contribution in [3.63, 3.8) is 0 Å². The predicted octanol–water partition coefficient (Wildman–Crippen LogP) is 21.8. The Morgan fingerprint density at radius 1 is 0.324 bits per heavy atom. The van der Waals surface area contributed by atoms with Gasteiger partial charge in [0.2, 0.25) is 5.91 Å². The van der Waals surface area contributed by atoms with Crippen molar-refractivity contribution < 1.29 is 15.0 Å². The van der Waals surface area contributed by atoms with Crippen LogP contribution in [0.4, 0.5) is 0 Å². The Morgan fingerprint density at radius 3 is 0.817 bits per heavy atom. The summed E-state index contributed by atoms with van der Waals surface area (Å²) < 4.78 is 0. The lowest BCUT2D eigenvalue weighted by Gasteiger charge is -2.19. The van der Waals surface area contributed by atoms with Crippen LogP contribution >= 0.6 is 0 Å². The number of aliphatic hydroxyl groups excluding tert-OH is 2. The van der Waals surface area contributed by atoms with Crippen LogP contribution in [0.25, 0.3) is 0 Å². The SMILES string of the molecule is CCCCCCCCCCCC/C=C/CC/C=C/CC/C=C/C(O)C(CO)NC(=O)CCCCCCCCCCCCCCCCCCC/C=C\CCCCCCCCCCCCCCCCCCCC. The minimum Gasteiger partial charge on any atom is -0.394 e. The summed E-state index contributed by atoms with van der Waals surface area (Å²) in [5.41, 5.74) is 0. The van der Waals surface area contributed by atoms with Gasteiger partial charge in [-0.15, -0.1) is 0 Å². The molecule has 0 saturated heterocycles. The lowest BCUT2D eigenvalue weighted by Crippen LogP contribution is -2.45. The van der Waals surface area contributed by atoms with Crippen LogP contribution in [0.3, 0.4) is 0 Å². The topological polar surface area (TPSA) is 69.6 Å². The first-order valence-electron chi connectivity index (χ1n) is 32.4. The van der Waals surface area contributed by atoms with Gasteiger partial charge in [-0.2, -0.15) is 0 Å². The minimum absolute atomic E-state index is 0.0730. The van der Waals surface area contributed by atoms with Gasteiger partial charge in [-0.1, -0.05) is 326 Å². The maximum atomic E-state index is 12.5. The van der Waals surface area contributed by atoms with Gasteiger partial charge in [0.15, 0.2) is 0 Å². The fourth-order valence-electron chi connectivity index (χ4n) is 10.1. The van der Waals surface area contributed by atoms with E-state index in [-0.39, 0.29) is 12.5 Å². The number of carbonyl (C=O) groups is 1. The molecule has 2 atom stereocenters. The van der Waals surface area contributed by atoms with Gasteiger partial charge in [0.25, 0.3) is 0 Å². The highest BCUT2D eigenvalue weighted by Crippen LogP contribution is 2.18. The maximum Gasteiger partial charge on any atom is 0.220 e. The number of aliphatic hydroxyl groups is 2. The lowest BCUT2D eigenvalue weighted by molar-refractivity contribution is -0.123. The number of hydrogen-bond donors (Lipinski definition) is 3. The van der Waals surface area contributed by atoms with Gasteiger partial charge in [0, 0.05) is 6.42 Å². The van der Waals surface area contributed by atoms with E-state index in [0.29, 0.717) is 6.42 Å². The normalized spacial score (nSPS) is 13.0. The van der Waals surface area contributed by atoms with Gasteiger partial charge in [0.05, 0.1) is 18.8 Å². The molecular formula is C67H127NO3. The summed E-state index contributed by atoms with van der Waals surface area (Å²) in [6.07, 6.45) is 87.6. The van der Waals surface area contributed by atoms with Crippen molar-refractivity contribution in [2.24, 2.45) is 0 Å². The van der Waals surface area contributed by atoms with Gasteiger partial charge in [-0.3, -0.25) is 4.79 Å². The summed E-state index contributed by atoms with van der Waals surface area (Å²) in [6, 6.07) is -0.646. The molecule has 0 heterocycles. The van der Waals surface area contributed by atoms with Crippen LogP contribution < -0.4 is 5.32 Å². The number of allylic oxidation sites excluding steroid dienone is 7. The van der Waals surface area contributed by atoms with Gasteiger partial charge in [0.1, 0.15) is 0 Å². The van der Waals surface area contributed by atoms with E-state index in [2.05, 4.69) is 55.6 Å². The highest BCUT2D eigenvalue weighted by Gasteiger charge is 2.18. The Bertz CT molecular complexity index is 1130. The average Bonchev–Trinajstić information content (AvgIpc) is 3.37. The molecule has 1 amide bonds. The van der Waals surface area contributed by atoms with Gasteiger partial charge >= 0.3 is 0 Å². The number of unbranched alkanes of at least 4 members (excludes halogenated alkanes) is 47. The van der Waals surface area contributed by atoms with E-state index in [4.69, 9.17) is 0 Å². The van der Waals surface area contributed by atoms with Crippen LogP contribution in [0.5, 0.6) is 0 Å². The van der Waals surface area contributed by atoms with Crippen LogP contribution in [-0.2, 0) is 4.79 Å². The Labute approximate surface area is 445 Å². The standard InChI is InChI=1S/C67H127NO3/c1-3-5-7-9-11-13-15-17-19-21-23-25-26-27-28-29-30-31-32-33-34-35-36-37-38-39-40-41-42-43-45-47-49-51-53-55-57-59-61-63-67(71)68-65(64-69)66(70)62-60-58-56-54-52-50-48-46-44-24-22-20-18-16-14-12-10-8-6-4-2/h33-34,44,46,52,54,60,62,65-66,69-70H,3-32,35-43,45,47-51,53,55-59,61,63-64H2,1-2H3,(H,68,71)/b34-33-,46-44+,54-52+,62-60+. The summed E-state index contributed by atoms with van der Waals surface area (Å²) in [7, 11) is 0. The number of hydrogen-bond acceptors (Lipinski definition) is 3. The van der Waals surface area contributed by atoms with Crippen LogP contribution in [0.2, 0.25) is 0 Å². The molecular weight excluding hydrogens is 867 g/mol. The molecule has 0 fully saturated rings. The third kappa shape index (κ3) is 59.1. The molecule has 3 N–H and O–H groups in total. The molecule has 0 aliphatic heterocycles. The van der Waals surface area contributed by atoms with Crippen molar-refractivity contribution in [2.45, 2.75) is 366 Å². The molecule has 0 rings (SSSR count). The van der Waals surface area contributed by atoms with Gasteiger partial charge in [-0.05, 0) is 70.6 Å². The fourth-order valence-corrected chi connectivity index (χ4v) is 10.1. The summed E-state index contributed by atoms with van der Waals surface area (Å²) in [5, 5.41) is 23.2. The quantitative estimate of drug-likeness (QED) is 0.0420. The highest BCUT2D eigenvalue weighted by molar-refractivity contribution is 5.76. The fraction of sp³-hybridized carbons (Fsp3) is 0.866. The van der Waals surface area contributed by atoms with Crippen molar-refractivity contribution in [3.05, 3.63) is 48.6 Å². The second-order valence-electron chi connectivity index (χ2n) is 22.2. The van der Waals surface area contributed by atoms with E-state index in [1.165, 1.54) is 295 Å².